The van der Waals surface area contributed by atoms with Crippen molar-refractivity contribution in [3.8, 4) is 12.1 Å². The molecule has 0 aromatic carbocycles. The average molecular weight is 874 g/mol. The molecule has 0 aliphatic heterocycles. The van der Waals surface area contributed by atoms with E-state index in [0.29, 0.717) is 16.4 Å². The van der Waals surface area contributed by atoms with E-state index >= 15 is 0 Å². The first kappa shape index (κ1) is 29.5. The summed E-state index contributed by atoms with van der Waals surface area (Å²) in [5.41, 5.74) is 3.46. The third kappa shape index (κ3) is 9.02. The number of imidazole rings is 2. The summed E-state index contributed by atoms with van der Waals surface area (Å²) in [5.74, 6) is 0. The van der Waals surface area contributed by atoms with Gasteiger partial charge in [0.15, 0.2) is 10.3 Å². The van der Waals surface area contributed by atoms with E-state index in [-0.39, 0.29) is 5.15 Å². The van der Waals surface area contributed by atoms with Gasteiger partial charge in [-0.25, -0.2) is 19.9 Å². The number of pyridine rings is 2. The van der Waals surface area contributed by atoms with Gasteiger partial charge in [-0.05, 0) is 22.0 Å². The van der Waals surface area contributed by atoms with Crippen molar-refractivity contribution >= 4 is 129 Å². The van der Waals surface area contributed by atoms with Gasteiger partial charge in [0, 0.05) is 27.1 Å². The van der Waals surface area contributed by atoms with Crippen LogP contribution in [0.4, 0.5) is 0 Å². The number of alkyl halides is 3. The molecule has 0 fully saturated rings. The molecule has 8 nitrogen and oxygen atoms in total. The molecular weight excluding hydrogens is 860 g/mol. The molecule has 0 bridgehead atoms. The molecule has 14 heteroatoms. The lowest BCUT2D eigenvalue weighted by Gasteiger charge is -1.95. The van der Waals surface area contributed by atoms with Gasteiger partial charge >= 0.3 is 0 Å². The fourth-order valence-corrected chi connectivity index (χ4v) is 3.18. The van der Waals surface area contributed by atoms with Gasteiger partial charge in [0.2, 0.25) is 0 Å². The molecule has 4 rings (SSSR count). The zero-order valence-electron chi connectivity index (χ0n) is 16.7. The summed E-state index contributed by atoms with van der Waals surface area (Å²) in [4.78, 5) is 16.0. The molecule has 0 atom stereocenters. The van der Waals surface area contributed by atoms with Crippen LogP contribution in [0.3, 0.4) is 0 Å². The van der Waals surface area contributed by atoms with Gasteiger partial charge in [-0.15, -0.1) is 0 Å². The maximum absolute atomic E-state index is 8.65. The van der Waals surface area contributed by atoms with E-state index in [0.717, 1.165) is 21.1 Å². The van der Waals surface area contributed by atoms with Crippen LogP contribution < -0.4 is 0 Å². The van der Waals surface area contributed by atoms with Crippen LogP contribution in [0.1, 0.15) is 12.6 Å². The summed E-state index contributed by atoms with van der Waals surface area (Å²) in [5, 5.41) is 16.7. The van der Waals surface area contributed by atoms with E-state index in [1.165, 1.54) is 6.92 Å². The maximum Gasteiger partial charge on any atom is 0.158 e. The lowest BCUT2D eigenvalue weighted by molar-refractivity contribution is 0.947. The summed E-state index contributed by atoms with van der Waals surface area (Å²) in [6.45, 7) is 1.43. The molecule has 0 N–H and O–H groups in total. The largest absolute Gasteiger partial charge is 0.334 e. The van der Waals surface area contributed by atoms with Gasteiger partial charge in [-0.2, -0.15) is 10.5 Å². The molecule has 0 spiro atoms. The second-order valence-electron chi connectivity index (χ2n) is 5.56. The summed E-state index contributed by atoms with van der Waals surface area (Å²) in [6.07, 6.45) is 3.35. The number of rotatable bonds is 0. The number of hydrogen-bond donors (Lipinski definition) is 0. The van der Waals surface area contributed by atoms with Crippen molar-refractivity contribution in [3.63, 3.8) is 0 Å². The molecule has 0 unspecified atom stereocenters. The van der Waals surface area contributed by atoms with Gasteiger partial charge < -0.3 is 9.13 Å². The molecule has 32 heavy (non-hydrogen) atoms. The number of aromatic nitrogens is 6. The molecule has 0 amide bonds. The fourth-order valence-electron chi connectivity index (χ4n) is 2.21. The number of aryl methyl sites for hydroxylation is 2. The molecule has 0 aliphatic rings. The summed E-state index contributed by atoms with van der Waals surface area (Å²) in [6, 6.07) is 7.23. The first-order valence-electron chi connectivity index (χ1n) is 8.29. The number of hydrogen-bond acceptors (Lipinski definition) is 6. The van der Waals surface area contributed by atoms with E-state index in [4.69, 9.17) is 33.7 Å². The molecular formula is C18H14BrCl2I3N8. The van der Waals surface area contributed by atoms with Crippen molar-refractivity contribution in [3.05, 3.63) is 45.4 Å². The van der Waals surface area contributed by atoms with Crippen molar-refractivity contribution < 1.29 is 0 Å². The predicted molar refractivity (Wildman–Crippen MR) is 157 cm³/mol. The molecule has 0 saturated heterocycles. The minimum atomic E-state index is 0.273. The highest BCUT2D eigenvalue weighted by molar-refractivity contribution is 14.3. The zero-order valence-corrected chi connectivity index (χ0v) is 26.3. The predicted octanol–water partition coefficient (Wildman–Crippen LogP) is 6.98. The van der Waals surface area contributed by atoms with Crippen molar-refractivity contribution in [2.24, 2.45) is 14.1 Å². The van der Waals surface area contributed by atoms with E-state index in [1.54, 1.807) is 29.4 Å². The first-order valence-corrected chi connectivity index (χ1v) is 13.6. The van der Waals surface area contributed by atoms with Gasteiger partial charge in [-0.3, -0.25) is 0 Å². The molecule has 4 aromatic heterocycles. The zero-order chi connectivity index (χ0) is 24.4. The second kappa shape index (κ2) is 14.7. The van der Waals surface area contributed by atoms with Crippen LogP contribution in [-0.4, -0.2) is 29.0 Å². The van der Waals surface area contributed by atoms with Crippen LogP contribution >= 0.6 is 107 Å². The molecule has 168 valence electrons. The second-order valence-corrected chi connectivity index (χ2v) is 18.0. The number of fused-ring (bicyclic) bond motifs is 2. The Kier molecular flexibility index (Phi) is 13.5. The molecule has 0 radical (unpaired) electrons. The molecule has 0 aliphatic carbocycles. The van der Waals surface area contributed by atoms with Crippen molar-refractivity contribution in [2.45, 2.75) is 6.86 Å². The Labute approximate surface area is 244 Å². The normalized spacial score (nSPS) is 9.62. The van der Waals surface area contributed by atoms with E-state index in [9.17, 15) is 0 Å². The van der Waals surface area contributed by atoms with Crippen LogP contribution in [0, 0.1) is 22.7 Å². The number of nitriles is 2. The Morgan fingerprint density at radius 2 is 1.34 bits per heavy atom. The monoisotopic (exact) mass is 872 g/mol. The van der Waals surface area contributed by atoms with E-state index in [2.05, 4.69) is 104 Å². The van der Waals surface area contributed by atoms with Gasteiger partial charge in [-0.1, -0.05) is 91.0 Å². The summed E-state index contributed by atoms with van der Waals surface area (Å²) in [7, 11) is 3.75. The number of nitrogens with zero attached hydrogens (tertiary/aromatic N) is 8. The minimum absolute atomic E-state index is 0.273. The summed E-state index contributed by atoms with van der Waals surface area (Å²) < 4.78 is 5.16. The van der Waals surface area contributed by atoms with Crippen LogP contribution in [0.15, 0.2) is 29.4 Å². The molecule has 0 saturated carbocycles. The van der Waals surface area contributed by atoms with E-state index in [1.807, 2.05) is 30.8 Å². The van der Waals surface area contributed by atoms with Gasteiger partial charge in [0.25, 0.3) is 0 Å². The highest BCUT2D eigenvalue weighted by Gasteiger charge is 2.07. The van der Waals surface area contributed by atoms with Crippen LogP contribution in [0.5, 0.6) is 0 Å². The van der Waals surface area contributed by atoms with E-state index < -0.39 is 0 Å². The van der Waals surface area contributed by atoms with Crippen LogP contribution in [0.25, 0.3) is 22.1 Å². The first-order chi connectivity index (χ1) is 15.0. The lowest BCUT2D eigenvalue weighted by Crippen LogP contribution is -1.88. The van der Waals surface area contributed by atoms with Crippen molar-refractivity contribution in [2.75, 3.05) is 0 Å². The standard InChI is InChI=1S/C8H5ClN4.C7H5BrClN3.C2H3N.CHI3/c1-13-4-11-7-6(13)2-5(3-10)12-8(7)9;1-12-3-10-6-4(12)2-5(8)11-7(6)9;1-2-3;2-1(3)4/h2,4H,1H3;2-3H,1H3;1H3;1H. The average Bonchev–Trinajstić information content (AvgIpc) is 3.26. The van der Waals surface area contributed by atoms with Crippen LogP contribution in [0.2, 0.25) is 10.3 Å². The van der Waals surface area contributed by atoms with Gasteiger partial charge in [0.1, 0.15) is 27.3 Å². The minimum Gasteiger partial charge on any atom is -0.334 e. The third-order valence-corrected chi connectivity index (χ3v) is 4.36. The smallest absolute Gasteiger partial charge is 0.158 e. The highest BCUT2D eigenvalue weighted by Crippen LogP contribution is 2.23. The van der Waals surface area contributed by atoms with Gasteiger partial charge in [0.05, 0.1) is 29.8 Å². The SMILES string of the molecule is CC#N.Cn1cnc2c(Cl)nc(Br)cc21.Cn1cnc2c(Cl)nc(C#N)cc21.IC(I)I. The lowest BCUT2D eigenvalue weighted by atomic mass is 10.3. The number of halogens is 6. The topological polar surface area (TPSA) is 109 Å². The maximum atomic E-state index is 8.65. The Bertz CT molecular complexity index is 1270. The Balaban J connectivity index is 0.000000250. The Morgan fingerprint density at radius 3 is 1.78 bits per heavy atom. The van der Waals surface area contributed by atoms with Crippen molar-refractivity contribution in [1.29, 1.82) is 10.5 Å². The quantitative estimate of drug-likeness (QED) is 0.107. The molecule has 4 heterocycles. The highest BCUT2D eigenvalue weighted by atomic mass is 127. The Morgan fingerprint density at radius 1 is 0.938 bits per heavy atom. The van der Waals surface area contributed by atoms with Crippen molar-refractivity contribution in [1.82, 2.24) is 29.1 Å². The molecule has 4 aromatic rings. The third-order valence-electron chi connectivity index (χ3n) is 3.42. The Hall–Kier alpha value is -0.530. The fraction of sp³-hybridized carbons (Fsp3) is 0.222. The summed E-state index contributed by atoms with van der Waals surface area (Å²) >= 11 is 21.9. The van der Waals surface area contributed by atoms with Crippen LogP contribution in [-0.2, 0) is 14.1 Å².